The SMILES string of the molecule is C[C@H]1C(c2ccc(NC(=O)c3ncc(C#N)[nH]3)c(C3=CCC(C)(C)CC3)c2)C[C@@]2(C)C=C[C@]1(C)O2. The highest BCUT2D eigenvalue weighted by Crippen LogP contribution is 2.53. The fraction of sp³-hybridized carbons (Fsp3) is 0.483. The molecule has 0 saturated carbocycles. The van der Waals surface area contributed by atoms with Crippen LogP contribution in [0.1, 0.15) is 93.7 Å². The van der Waals surface area contributed by atoms with Gasteiger partial charge in [0.1, 0.15) is 11.8 Å². The van der Waals surface area contributed by atoms with Crippen molar-refractivity contribution in [2.75, 3.05) is 5.32 Å². The molecule has 3 aliphatic rings. The van der Waals surface area contributed by atoms with Crippen molar-refractivity contribution in [1.82, 2.24) is 9.97 Å². The van der Waals surface area contributed by atoms with Crippen LogP contribution in [0, 0.1) is 22.7 Å². The molecule has 1 aromatic carbocycles. The summed E-state index contributed by atoms with van der Waals surface area (Å²) in [5, 5.41) is 12.1. The number of carbonyl (C=O) groups excluding carboxylic acids is 1. The van der Waals surface area contributed by atoms with Crippen LogP contribution >= 0.6 is 0 Å². The van der Waals surface area contributed by atoms with Gasteiger partial charge in [-0.15, -0.1) is 0 Å². The Labute approximate surface area is 207 Å². The number of H-pyrrole nitrogens is 1. The Kier molecular flexibility index (Phi) is 5.52. The van der Waals surface area contributed by atoms with Gasteiger partial charge in [-0.3, -0.25) is 4.79 Å². The summed E-state index contributed by atoms with van der Waals surface area (Å²) in [5.41, 5.74) is 4.45. The number of hydrogen-bond donors (Lipinski definition) is 2. The molecule has 2 aromatic rings. The summed E-state index contributed by atoms with van der Waals surface area (Å²) >= 11 is 0. The Balaban J connectivity index is 1.51. The molecule has 35 heavy (non-hydrogen) atoms. The van der Waals surface area contributed by atoms with Crippen molar-refractivity contribution in [1.29, 1.82) is 5.26 Å². The van der Waals surface area contributed by atoms with Gasteiger partial charge in [0, 0.05) is 11.3 Å². The van der Waals surface area contributed by atoms with Gasteiger partial charge in [-0.2, -0.15) is 5.26 Å². The van der Waals surface area contributed by atoms with E-state index in [0.717, 1.165) is 36.9 Å². The van der Waals surface area contributed by atoms with Crippen LogP contribution in [-0.2, 0) is 4.74 Å². The second-order valence-corrected chi connectivity index (χ2v) is 11.6. The van der Waals surface area contributed by atoms with Gasteiger partial charge < -0.3 is 15.0 Å². The average molecular weight is 471 g/mol. The molecule has 1 unspecified atom stereocenters. The Hall–Kier alpha value is -3.17. The third kappa shape index (κ3) is 4.34. The standard InChI is InChI=1S/C29H34N4O2/c1-18-23(15-28(4)12-13-29(18,5)35-28)20-6-7-24(33-26(34)25-31-17-21(16-30)32-25)22(14-20)19-8-10-27(2,3)11-9-19/h6-8,12-14,17-18,23H,9-11,15H2,1-5H3,(H,31,32)(H,33,34)/t18-,23?,28+,29-/m0/s1. The van der Waals surface area contributed by atoms with E-state index in [4.69, 9.17) is 10.00 Å². The zero-order valence-electron chi connectivity index (χ0n) is 21.2. The normalized spacial score (nSPS) is 31.0. The van der Waals surface area contributed by atoms with E-state index < -0.39 is 0 Å². The van der Waals surface area contributed by atoms with Crippen LogP contribution in [0.3, 0.4) is 0 Å². The number of nitrogens with one attached hydrogen (secondary N) is 2. The summed E-state index contributed by atoms with van der Waals surface area (Å²) < 4.78 is 6.43. The third-order valence-corrected chi connectivity index (χ3v) is 8.30. The van der Waals surface area contributed by atoms with Crippen molar-refractivity contribution in [2.45, 2.75) is 77.4 Å². The number of imidazole rings is 1. The number of benzene rings is 1. The second-order valence-electron chi connectivity index (χ2n) is 11.6. The maximum Gasteiger partial charge on any atom is 0.291 e. The maximum atomic E-state index is 12.9. The molecule has 3 heterocycles. The number of aromatic amines is 1. The van der Waals surface area contributed by atoms with E-state index in [1.165, 1.54) is 17.3 Å². The summed E-state index contributed by atoms with van der Waals surface area (Å²) in [7, 11) is 0. The highest BCUT2D eigenvalue weighted by Gasteiger charge is 2.51. The Bertz CT molecular complexity index is 1280. The number of hydrogen-bond acceptors (Lipinski definition) is 4. The minimum Gasteiger partial charge on any atom is -0.361 e. The van der Waals surface area contributed by atoms with Crippen molar-refractivity contribution in [3.8, 4) is 6.07 Å². The van der Waals surface area contributed by atoms with Crippen LogP contribution in [0.2, 0.25) is 0 Å². The molecule has 0 radical (unpaired) electrons. The average Bonchev–Trinajstić information content (AvgIpc) is 3.40. The van der Waals surface area contributed by atoms with E-state index in [0.29, 0.717) is 11.8 Å². The molecule has 1 amide bonds. The highest BCUT2D eigenvalue weighted by molar-refractivity contribution is 6.03. The number of fused-ring (bicyclic) bond motifs is 2. The topological polar surface area (TPSA) is 90.8 Å². The van der Waals surface area contributed by atoms with E-state index in [9.17, 15) is 4.79 Å². The van der Waals surface area contributed by atoms with E-state index in [1.54, 1.807) is 0 Å². The van der Waals surface area contributed by atoms with Crippen molar-refractivity contribution >= 4 is 17.2 Å². The summed E-state index contributed by atoms with van der Waals surface area (Å²) in [5.74, 6) is 0.464. The lowest BCUT2D eigenvalue weighted by atomic mass is 9.71. The number of ether oxygens (including phenoxy) is 1. The number of rotatable bonds is 4. The van der Waals surface area contributed by atoms with Crippen LogP contribution in [0.5, 0.6) is 0 Å². The highest BCUT2D eigenvalue weighted by atomic mass is 16.5. The molecule has 1 aromatic heterocycles. The minimum atomic E-state index is -0.348. The molecular weight excluding hydrogens is 436 g/mol. The predicted molar refractivity (Wildman–Crippen MR) is 137 cm³/mol. The fourth-order valence-electron chi connectivity index (χ4n) is 5.85. The molecule has 2 aliphatic heterocycles. The number of aromatic nitrogens is 2. The van der Waals surface area contributed by atoms with Crippen LogP contribution in [0.25, 0.3) is 5.57 Å². The van der Waals surface area contributed by atoms with Gasteiger partial charge in [-0.25, -0.2) is 4.98 Å². The molecular formula is C29H34N4O2. The molecule has 5 rings (SSSR count). The first-order chi connectivity index (χ1) is 16.5. The van der Waals surface area contributed by atoms with Gasteiger partial charge in [0.15, 0.2) is 5.82 Å². The lowest BCUT2D eigenvalue weighted by Crippen LogP contribution is -2.46. The van der Waals surface area contributed by atoms with Crippen molar-refractivity contribution in [3.63, 3.8) is 0 Å². The smallest absolute Gasteiger partial charge is 0.291 e. The van der Waals surface area contributed by atoms with Gasteiger partial charge in [0.05, 0.1) is 17.4 Å². The van der Waals surface area contributed by atoms with Crippen molar-refractivity contribution in [3.05, 3.63) is 65.3 Å². The predicted octanol–water partition coefficient (Wildman–Crippen LogP) is 6.35. The van der Waals surface area contributed by atoms with Crippen LogP contribution in [0.15, 0.2) is 42.6 Å². The molecule has 6 heteroatoms. The summed E-state index contributed by atoms with van der Waals surface area (Å²) in [4.78, 5) is 19.8. The number of amides is 1. The van der Waals surface area contributed by atoms with Crippen LogP contribution in [-0.4, -0.2) is 27.1 Å². The van der Waals surface area contributed by atoms with Gasteiger partial charge in [0.2, 0.25) is 0 Å². The first kappa shape index (κ1) is 23.6. The minimum absolute atomic E-state index is 0.136. The number of nitriles is 1. The van der Waals surface area contributed by atoms with Crippen molar-refractivity contribution in [2.24, 2.45) is 11.3 Å². The van der Waals surface area contributed by atoms with E-state index in [-0.39, 0.29) is 34.0 Å². The zero-order chi connectivity index (χ0) is 25.0. The van der Waals surface area contributed by atoms with Gasteiger partial charge in [-0.1, -0.05) is 45.1 Å². The monoisotopic (exact) mass is 470 g/mol. The molecule has 0 spiro atoms. The molecule has 2 bridgehead atoms. The van der Waals surface area contributed by atoms with Crippen LogP contribution in [0.4, 0.5) is 5.69 Å². The van der Waals surface area contributed by atoms with Gasteiger partial charge >= 0.3 is 0 Å². The van der Waals surface area contributed by atoms with Gasteiger partial charge in [0.25, 0.3) is 5.91 Å². The first-order valence-corrected chi connectivity index (χ1v) is 12.5. The largest absolute Gasteiger partial charge is 0.361 e. The maximum absolute atomic E-state index is 12.9. The molecule has 6 nitrogen and oxygen atoms in total. The Morgan fingerprint density at radius 2 is 2.06 bits per heavy atom. The zero-order valence-corrected chi connectivity index (χ0v) is 21.2. The quantitative estimate of drug-likeness (QED) is 0.509. The first-order valence-electron chi connectivity index (χ1n) is 12.5. The summed E-state index contributed by atoms with van der Waals surface area (Å²) in [6, 6.07) is 8.43. The summed E-state index contributed by atoms with van der Waals surface area (Å²) in [6.45, 7) is 11.2. The lowest BCUT2D eigenvalue weighted by molar-refractivity contribution is -0.141. The molecule has 1 saturated heterocycles. The number of carbonyl (C=O) groups is 1. The molecule has 4 atom stereocenters. The van der Waals surface area contributed by atoms with E-state index in [1.807, 2.05) is 12.1 Å². The molecule has 1 fully saturated rings. The van der Waals surface area contributed by atoms with Gasteiger partial charge in [-0.05, 0) is 80.1 Å². The lowest BCUT2D eigenvalue weighted by Gasteiger charge is -2.46. The molecule has 182 valence electrons. The van der Waals surface area contributed by atoms with Crippen molar-refractivity contribution < 1.29 is 9.53 Å². The second kappa shape index (κ2) is 8.20. The number of nitrogens with zero attached hydrogens (tertiary/aromatic N) is 2. The van der Waals surface area contributed by atoms with E-state index in [2.05, 4.69) is 80.3 Å². The Morgan fingerprint density at radius 1 is 1.26 bits per heavy atom. The molecule has 2 N–H and O–H groups in total. The molecule has 1 aliphatic carbocycles. The fourth-order valence-corrected chi connectivity index (χ4v) is 5.85. The number of anilines is 1. The third-order valence-electron chi connectivity index (χ3n) is 8.30. The summed E-state index contributed by atoms with van der Waals surface area (Å²) in [6.07, 6.45) is 12.2. The number of allylic oxidation sites excluding steroid dienone is 2. The van der Waals surface area contributed by atoms with Crippen LogP contribution < -0.4 is 5.32 Å². The van der Waals surface area contributed by atoms with E-state index >= 15 is 0 Å². The Morgan fingerprint density at radius 3 is 2.74 bits per heavy atom.